The van der Waals surface area contributed by atoms with Crippen molar-refractivity contribution in [1.82, 2.24) is 9.80 Å². The molecule has 3 rings (SSSR count). The molecule has 2 aromatic carbocycles. The van der Waals surface area contributed by atoms with Gasteiger partial charge in [-0.15, -0.1) is 0 Å². The zero-order valence-electron chi connectivity index (χ0n) is 15.9. The van der Waals surface area contributed by atoms with E-state index < -0.39 is 0 Å². The van der Waals surface area contributed by atoms with Gasteiger partial charge in [0.05, 0.1) is 0 Å². The first-order valence-electron chi connectivity index (χ1n) is 9.42. The standard InChI is InChI=1S/C22H26N2O3/c1-3-19-15-23(22(27)18-9-10-20(25)16(2)13-18)12-11-21(26)24(19)14-17-7-5-4-6-8-17/h4-10,13,19,25H,3,11-12,14-15H2,1-2H3/t19-/m0/s1. The third kappa shape index (κ3) is 4.30. The SMILES string of the molecule is CC[C@H]1CN(C(=O)c2ccc(O)c(C)c2)CCC(=O)N1Cc1ccccc1. The minimum absolute atomic E-state index is 0.0117. The third-order valence-electron chi connectivity index (χ3n) is 5.19. The average Bonchev–Trinajstić information content (AvgIpc) is 2.84. The topological polar surface area (TPSA) is 60.9 Å². The molecule has 1 saturated heterocycles. The summed E-state index contributed by atoms with van der Waals surface area (Å²) < 4.78 is 0. The van der Waals surface area contributed by atoms with E-state index in [9.17, 15) is 14.7 Å². The molecule has 0 aromatic heterocycles. The number of benzene rings is 2. The molecule has 0 aliphatic carbocycles. The Bertz CT molecular complexity index is 820. The smallest absolute Gasteiger partial charge is 0.253 e. The van der Waals surface area contributed by atoms with Gasteiger partial charge in [-0.25, -0.2) is 0 Å². The Morgan fingerprint density at radius 1 is 1.19 bits per heavy atom. The van der Waals surface area contributed by atoms with Crippen LogP contribution in [0.4, 0.5) is 0 Å². The number of phenolic OH excluding ortho intramolecular Hbond substituents is 1. The molecule has 2 aromatic rings. The molecule has 0 radical (unpaired) electrons. The fourth-order valence-corrected chi connectivity index (χ4v) is 3.52. The van der Waals surface area contributed by atoms with Crippen LogP contribution in [0.15, 0.2) is 48.5 Å². The molecule has 1 atom stereocenters. The van der Waals surface area contributed by atoms with E-state index in [2.05, 4.69) is 6.92 Å². The number of hydrogen-bond acceptors (Lipinski definition) is 3. The van der Waals surface area contributed by atoms with Crippen LogP contribution in [-0.4, -0.2) is 45.9 Å². The van der Waals surface area contributed by atoms with Crippen LogP contribution in [0, 0.1) is 6.92 Å². The van der Waals surface area contributed by atoms with Gasteiger partial charge in [0.1, 0.15) is 5.75 Å². The van der Waals surface area contributed by atoms with Crippen LogP contribution in [-0.2, 0) is 11.3 Å². The Balaban J connectivity index is 1.79. The van der Waals surface area contributed by atoms with E-state index in [1.54, 1.807) is 30.0 Å². The summed E-state index contributed by atoms with van der Waals surface area (Å²) in [6.45, 7) is 5.33. The first-order chi connectivity index (χ1) is 13.0. The van der Waals surface area contributed by atoms with Crippen LogP contribution in [0.3, 0.4) is 0 Å². The number of aryl methyl sites for hydroxylation is 1. The lowest BCUT2D eigenvalue weighted by molar-refractivity contribution is -0.133. The monoisotopic (exact) mass is 366 g/mol. The highest BCUT2D eigenvalue weighted by Gasteiger charge is 2.31. The molecule has 27 heavy (non-hydrogen) atoms. The van der Waals surface area contributed by atoms with Crippen LogP contribution in [0.5, 0.6) is 5.75 Å². The maximum Gasteiger partial charge on any atom is 0.253 e. The molecule has 1 fully saturated rings. The van der Waals surface area contributed by atoms with Crippen molar-refractivity contribution in [3.8, 4) is 5.75 Å². The lowest BCUT2D eigenvalue weighted by Crippen LogP contribution is -2.43. The van der Waals surface area contributed by atoms with Crippen LogP contribution >= 0.6 is 0 Å². The van der Waals surface area contributed by atoms with Crippen molar-refractivity contribution >= 4 is 11.8 Å². The van der Waals surface area contributed by atoms with Gasteiger partial charge < -0.3 is 14.9 Å². The summed E-state index contributed by atoms with van der Waals surface area (Å²) in [5.74, 6) is 0.173. The minimum atomic E-state index is -0.0917. The fourth-order valence-electron chi connectivity index (χ4n) is 3.52. The molecule has 2 amide bonds. The zero-order chi connectivity index (χ0) is 19.4. The molecule has 0 saturated carbocycles. The van der Waals surface area contributed by atoms with E-state index in [0.29, 0.717) is 37.2 Å². The first kappa shape index (κ1) is 19.0. The summed E-state index contributed by atoms with van der Waals surface area (Å²) in [6.07, 6.45) is 1.11. The summed E-state index contributed by atoms with van der Waals surface area (Å²) in [4.78, 5) is 29.4. The van der Waals surface area contributed by atoms with Gasteiger partial charge in [0.2, 0.25) is 5.91 Å². The van der Waals surface area contributed by atoms with E-state index in [4.69, 9.17) is 0 Å². The molecule has 0 spiro atoms. The Morgan fingerprint density at radius 2 is 1.93 bits per heavy atom. The van der Waals surface area contributed by atoms with E-state index >= 15 is 0 Å². The predicted molar refractivity (Wildman–Crippen MR) is 104 cm³/mol. The second-order valence-corrected chi connectivity index (χ2v) is 7.07. The predicted octanol–water partition coefficient (Wildman–Crippen LogP) is 3.35. The van der Waals surface area contributed by atoms with Crippen LogP contribution in [0.25, 0.3) is 0 Å². The molecule has 5 heteroatoms. The molecule has 0 bridgehead atoms. The average molecular weight is 366 g/mol. The van der Waals surface area contributed by atoms with Gasteiger partial charge in [-0.1, -0.05) is 37.3 Å². The van der Waals surface area contributed by atoms with Gasteiger partial charge in [-0.3, -0.25) is 9.59 Å². The molecule has 0 unspecified atom stereocenters. The highest BCUT2D eigenvalue weighted by molar-refractivity contribution is 5.95. The molecule has 142 valence electrons. The van der Waals surface area contributed by atoms with Crippen molar-refractivity contribution in [2.75, 3.05) is 13.1 Å². The molecule has 5 nitrogen and oxygen atoms in total. The van der Waals surface area contributed by atoms with Crippen molar-refractivity contribution in [3.63, 3.8) is 0 Å². The summed E-state index contributed by atoms with van der Waals surface area (Å²) in [5.41, 5.74) is 2.31. The van der Waals surface area contributed by atoms with Crippen molar-refractivity contribution < 1.29 is 14.7 Å². The molecule has 1 aliphatic heterocycles. The number of phenols is 1. The molecule has 1 heterocycles. The number of carbonyl (C=O) groups is 2. The zero-order valence-corrected chi connectivity index (χ0v) is 15.9. The Kier molecular flexibility index (Phi) is 5.79. The van der Waals surface area contributed by atoms with E-state index in [1.807, 2.05) is 35.2 Å². The normalized spacial score (nSPS) is 17.7. The number of hydrogen-bond donors (Lipinski definition) is 1. The summed E-state index contributed by atoms with van der Waals surface area (Å²) >= 11 is 0. The first-order valence-corrected chi connectivity index (χ1v) is 9.42. The molecule has 1 N–H and O–H groups in total. The van der Waals surface area contributed by atoms with Crippen LogP contribution < -0.4 is 0 Å². The summed E-state index contributed by atoms with van der Waals surface area (Å²) in [7, 11) is 0. The molecule has 1 aliphatic rings. The van der Waals surface area contributed by atoms with Crippen molar-refractivity contribution in [2.45, 2.75) is 39.3 Å². The maximum atomic E-state index is 13.0. The lowest BCUT2D eigenvalue weighted by Gasteiger charge is -2.31. The largest absolute Gasteiger partial charge is 0.508 e. The third-order valence-corrected chi connectivity index (χ3v) is 5.19. The summed E-state index contributed by atoms with van der Waals surface area (Å²) in [5, 5.41) is 9.69. The maximum absolute atomic E-state index is 13.0. The lowest BCUT2D eigenvalue weighted by atomic mass is 10.1. The van der Waals surface area contributed by atoms with Crippen molar-refractivity contribution in [1.29, 1.82) is 0 Å². The van der Waals surface area contributed by atoms with Gasteiger partial charge in [0, 0.05) is 37.7 Å². The quantitative estimate of drug-likeness (QED) is 0.903. The minimum Gasteiger partial charge on any atom is -0.508 e. The second kappa shape index (κ2) is 8.25. The highest BCUT2D eigenvalue weighted by atomic mass is 16.3. The van der Waals surface area contributed by atoms with E-state index in [1.165, 1.54) is 0 Å². The van der Waals surface area contributed by atoms with Gasteiger partial charge in [-0.2, -0.15) is 0 Å². The number of carbonyl (C=O) groups excluding carboxylic acids is 2. The number of amides is 2. The number of aromatic hydroxyl groups is 1. The summed E-state index contributed by atoms with van der Waals surface area (Å²) in [6, 6.07) is 14.8. The van der Waals surface area contributed by atoms with Crippen molar-refractivity contribution in [2.24, 2.45) is 0 Å². The highest BCUT2D eigenvalue weighted by Crippen LogP contribution is 2.22. The van der Waals surface area contributed by atoms with Gasteiger partial charge in [0.15, 0.2) is 0 Å². The van der Waals surface area contributed by atoms with Crippen molar-refractivity contribution in [3.05, 3.63) is 65.2 Å². The van der Waals surface area contributed by atoms with Gasteiger partial charge in [-0.05, 0) is 42.7 Å². The second-order valence-electron chi connectivity index (χ2n) is 7.07. The van der Waals surface area contributed by atoms with E-state index in [-0.39, 0.29) is 23.6 Å². The van der Waals surface area contributed by atoms with Crippen LogP contribution in [0.2, 0.25) is 0 Å². The fraction of sp³-hybridized carbons (Fsp3) is 0.364. The van der Waals surface area contributed by atoms with Gasteiger partial charge in [0.25, 0.3) is 5.91 Å². The molecular weight excluding hydrogens is 340 g/mol. The number of nitrogens with zero attached hydrogens (tertiary/aromatic N) is 2. The Labute approximate surface area is 160 Å². The van der Waals surface area contributed by atoms with E-state index in [0.717, 1.165) is 12.0 Å². The Hall–Kier alpha value is -2.82. The van der Waals surface area contributed by atoms with Gasteiger partial charge >= 0.3 is 0 Å². The van der Waals surface area contributed by atoms with Crippen LogP contribution in [0.1, 0.15) is 41.3 Å². The Morgan fingerprint density at radius 3 is 2.59 bits per heavy atom. The number of rotatable bonds is 4. The molecular formula is C22H26N2O3.